The maximum Gasteiger partial charge on any atom is 0.0542 e. The van der Waals surface area contributed by atoms with Crippen molar-refractivity contribution in [3.63, 3.8) is 0 Å². The van der Waals surface area contributed by atoms with Crippen molar-refractivity contribution < 1.29 is 0 Å². The summed E-state index contributed by atoms with van der Waals surface area (Å²) < 4.78 is 0. The molecule has 20 heavy (non-hydrogen) atoms. The number of anilines is 1. The molecule has 106 valence electrons. The SMILES string of the molecule is Cc1cc(N)ccc1SCCSc1cc(Cl)ccc1Cl. The molecule has 2 N–H and O–H groups in total. The van der Waals surface area contributed by atoms with Crippen LogP contribution in [0.1, 0.15) is 5.56 Å². The highest BCUT2D eigenvalue weighted by Crippen LogP contribution is 2.31. The number of hydrogen-bond donors (Lipinski definition) is 1. The zero-order valence-corrected chi connectivity index (χ0v) is 14.2. The summed E-state index contributed by atoms with van der Waals surface area (Å²) in [5.41, 5.74) is 7.78. The first-order valence-corrected chi connectivity index (χ1v) is 8.86. The van der Waals surface area contributed by atoms with Crippen molar-refractivity contribution in [2.24, 2.45) is 0 Å². The molecule has 0 radical (unpaired) electrons. The maximum absolute atomic E-state index is 6.13. The van der Waals surface area contributed by atoms with Gasteiger partial charge in [-0.05, 0) is 48.9 Å². The van der Waals surface area contributed by atoms with Crippen LogP contribution < -0.4 is 5.73 Å². The highest BCUT2D eigenvalue weighted by atomic mass is 35.5. The van der Waals surface area contributed by atoms with Crippen LogP contribution in [0.3, 0.4) is 0 Å². The van der Waals surface area contributed by atoms with Crippen LogP contribution in [0.2, 0.25) is 10.0 Å². The summed E-state index contributed by atoms with van der Waals surface area (Å²) in [7, 11) is 0. The summed E-state index contributed by atoms with van der Waals surface area (Å²) in [5, 5.41) is 1.48. The van der Waals surface area contributed by atoms with Crippen molar-refractivity contribution >= 4 is 52.4 Å². The lowest BCUT2D eigenvalue weighted by Gasteiger charge is -2.07. The average molecular weight is 344 g/mol. The molecule has 2 aromatic rings. The third kappa shape index (κ3) is 4.52. The lowest BCUT2D eigenvalue weighted by molar-refractivity contribution is 1.30. The van der Waals surface area contributed by atoms with Crippen LogP contribution in [0.15, 0.2) is 46.2 Å². The van der Waals surface area contributed by atoms with Gasteiger partial charge in [-0.3, -0.25) is 0 Å². The molecule has 0 aliphatic rings. The number of benzene rings is 2. The maximum atomic E-state index is 6.13. The summed E-state index contributed by atoms with van der Waals surface area (Å²) in [5.74, 6) is 1.99. The van der Waals surface area contributed by atoms with Gasteiger partial charge in [-0.1, -0.05) is 23.2 Å². The van der Waals surface area contributed by atoms with Crippen molar-refractivity contribution in [2.45, 2.75) is 16.7 Å². The highest BCUT2D eigenvalue weighted by Gasteiger charge is 2.03. The second-order valence-corrected chi connectivity index (χ2v) is 7.41. The molecule has 5 heteroatoms. The predicted octanol–water partition coefficient (Wildman–Crippen LogP) is 5.77. The van der Waals surface area contributed by atoms with Gasteiger partial charge in [0.05, 0.1) is 5.02 Å². The van der Waals surface area contributed by atoms with Gasteiger partial charge in [-0.15, -0.1) is 23.5 Å². The van der Waals surface area contributed by atoms with Gasteiger partial charge >= 0.3 is 0 Å². The Morgan fingerprint density at radius 3 is 2.35 bits per heavy atom. The number of thioether (sulfide) groups is 2. The lowest BCUT2D eigenvalue weighted by Crippen LogP contribution is -1.89. The second-order valence-electron chi connectivity index (χ2n) is 4.30. The molecule has 0 aliphatic heterocycles. The molecular weight excluding hydrogens is 329 g/mol. The summed E-state index contributed by atoms with van der Waals surface area (Å²) in [6.45, 7) is 2.08. The normalized spacial score (nSPS) is 10.8. The van der Waals surface area contributed by atoms with E-state index < -0.39 is 0 Å². The smallest absolute Gasteiger partial charge is 0.0542 e. The number of rotatable bonds is 5. The fourth-order valence-electron chi connectivity index (χ4n) is 1.73. The topological polar surface area (TPSA) is 26.0 Å². The van der Waals surface area contributed by atoms with Crippen LogP contribution >= 0.6 is 46.7 Å². The third-order valence-corrected chi connectivity index (χ3v) is 5.86. The van der Waals surface area contributed by atoms with Gasteiger partial charge in [0, 0.05) is 32.0 Å². The quantitative estimate of drug-likeness (QED) is 0.424. The molecule has 1 nitrogen and oxygen atoms in total. The molecule has 0 heterocycles. The molecule has 2 rings (SSSR count). The summed E-state index contributed by atoms with van der Waals surface area (Å²) >= 11 is 15.7. The Hall–Kier alpha value is -0.480. The predicted molar refractivity (Wildman–Crippen MR) is 93.5 cm³/mol. The largest absolute Gasteiger partial charge is 0.399 e. The molecule has 0 saturated heterocycles. The van der Waals surface area contributed by atoms with E-state index in [4.69, 9.17) is 28.9 Å². The summed E-state index contributed by atoms with van der Waals surface area (Å²) in [6.07, 6.45) is 0. The van der Waals surface area contributed by atoms with Gasteiger partial charge in [0.1, 0.15) is 0 Å². The van der Waals surface area contributed by atoms with Crippen molar-refractivity contribution in [1.82, 2.24) is 0 Å². The van der Waals surface area contributed by atoms with Gasteiger partial charge in [0.25, 0.3) is 0 Å². The van der Waals surface area contributed by atoms with Crippen LogP contribution in [0.4, 0.5) is 5.69 Å². The number of halogens is 2. The number of hydrogen-bond acceptors (Lipinski definition) is 3. The molecule has 0 fully saturated rings. The molecule has 0 spiro atoms. The van der Waals surface area contributed by atoms with E-state index >= 15 is 0 Å². The molecule has 2 aromatic carbocycles. The first-order valence-electron chi connectivity index (χ1n) is 6.13. The van der Waals surface area contributed by atoms with Crippen LogP contribution in [-0.2, 0) is 0 Å². The second kappa shape index (κ2) is 7.51. The Balaban J connectivity index is 1.86. The van der Waals surface area contributed by atoms with Gasteiger partial charge in [0.15, 0.2) is 0 Å². The molecule has 0 aliphatic carbocycles. The van der Waals surface area contributed by atoms with Gasteiger partial charge < -0.3 is 5.73 Å². The van der Waals surface area contributed by atoms with Crippen LogP contribution in [0.25, 0.3) is 0 Å². The van der Waals surface area contributed by atoms with Crippen LogP contribution in [0.5, 0.6) is 0 Å². The number of nitrogens with two attached hydrogens (primary N) is 1. The third-order valence-electron chi connectivity index (χ3n) is 2.69. The summed E-state index contributed by atoms with van der Waals surface area (Å²) in [4.78, 5) is 2.31. The van der Waals surface area contributed by atoms with Crippen molar-refractivity contribution in [2.75, 3.05) is 17.2 Å². The standard InChI is InChI=1S/C15H15Cl2NS2/c1-10-8-12(18)3-5-14(10)19-6-7-20-15-9-11(16)2-4-13(15)17/h2-5,8-9H,6-7,18H2,1H3. The Labute approximate surface area is 138 Å². The Morgan fingerprint density at radius 1 is 0.950 bits per heavy atom. The minimum absolute atomic E-state index is 0.721. The van der Waals surface area contributed by atoms with E-state index in [1.54, 1.807) is 17.8 Å². The van der Waals surface area contributed by atoms with E-state index in [0.29, 0.717) is 0 Å². The highest BCUT2D eigenvalue weighted by molar-refractivity contribution is 8.03. The van der Waals surface area contributed by atoms with E-state index in [0.717, 1.165) is 32.1 Å². The Kier molecular flexibility index (Phi) is 5.97. The first-order chi connectivity index (χ1) is 9.56. The molecule has 0 atom stereocenters. The van der Waals surface area contributed by atoms with Crippen molar-refractivity contribution in [3.8, 4) is 0 Å². The molecule has 0 bridgehead atoms. The Bertz CT molecular complexity index is 602. The fraction of sp³-hybridized carbons (Fsp3) is 0.200. The fourth-order valence-corrected chi connectivity index (χ4v) is 4.22. The van der Waals surface area contributed by atoms with E-state index in [2.05, 4.69) is 13.0 Å². The van der Waals surface area contributed by atoms with E-state index in [9.17, 15) is 0 Å². The number of nitrogen functional groups attached to an aromatic ring is 1. The van der Waals surface area contributed by atoms with Gasteiger partial charge in [-0.25, -0.2) is 0 Å². The van der Waals surface area contributed by atoms with Gasteiger partial charge in [-0.2, -0.15) is 0 Å². The zero-order valence-electron chi connectivity index (χ0n) is 11.0. The van der Waals surface area contributed by atoms with E-state index in [-0.39, 0.29) is 0 Å². The van der Waals surface area contributed by atoms with E-state index in [1.165, 1.54) is 10.5 Å². The molecule has 0 unspecified atom stereocenters. The zero-order chi connectivity index (χ0) is 14.5. The van der Waals surface area contributed by atoms with Gasteiger partial charge in [0.2, 0.25) is 0 Å². The Morgan fingerprint density at radius 2 is 1.65 bits per heavy atom. The van der Waals surface area contributed by atoms with Crippen LogP contribution in [-0.4, -0.2) is 11.5 Å². The molecule has 0 saturated carbocycles. The van der Waals surface area contributed by atoms with Crippen LogP contribution in [0, 0.1) is 6.92 Å². The minimum Gasteiger partial charge on any atom is -0.399 e. The first kappa shape index (κ1) is 15.9. The molecular formula is C15H15Cl2NS2. The molecule has 0 amide bonds. The van der Waals surface area contributed by atoms with Crippen molar-refractivity contribution in [1.29, 1.82) is 0 Å². The van der Waals surface area contributed by atoms with Crippen molar-refractivity contribution in [3.05, 3.63) is 52.0 Å². The minimum atomic E-state index is 0.721. The van der Waals surface area contributed by atoms with E-state index in [1.807, 2.05) is 36.0 Å². The lowest BCUT2D eigenvalue weighted by atomic mass is 10.2. The molecule has 0 aromatic heterocycles. The number of aryl methyl sites for hydroxylation is 1. The summed E-state index contributed by atoms with van der Waals surface area (Å²) in [6, 6.07) is 11.6. The monoisotopic (exact) mass is 343 g/mol. The average Bonchev–Trinajstić information content (AvgIpc) is 2.40.